The maximum atomic E-state index is 13.2. The predicted molar refractivity (Wildman–Crippen MR) is 93.1 cm³/mol. The fourth-order valence-corrected chi connectivity index (χ4v) is 2.83. The van der Waals surface area contributed by atoms with Crippen molar-refractivity contribution in [2.45, 2.75) is 31.8 Å². The van der Waals surface area contributed by atoms with E-state index in [0.717, 1.165) is 16.4 Å². The normalized spacial score (nSPS) is 19.3. The van der Waals surface area contributed by atoms with Crippen LogP contribution in [0.3, 0.4) is 0 Å². The van der Waals surface area contributed by atoms with Crippen molar-refractivity contribution in [1.29, 1.82) is 0 Å². The number of thiazole rings is 1. The highest BCUT2D eigenvalue weighted by molar-refractivity contribution is 7.13. The van der Waals surface area contributed by atoms with E-state index in [1.165, 1.54) is 19.2 Å². The van der Waals surface area contributed by atoms with Crippen molar-refractivity contribution in [2.24, 2.45) is 5.16 Å². The highest BCUT2D eigenvalue weighted by Gasteiger charge is 2.56. The number of carbonyl (C=O) groups is 4. The maximum absolute atomic E-state index is 13.2. The molecular weight excluding hydrogens is 417 g/mol. The molecule has 2 unspecified atom stereocenters. The number of rotatable bonds is 9. The Morgan fingerprint density at radius 3 is 2.62 bits per heavy atom. The van der Waals surface area contributed by atoms with Gasteiger partial charge < -0.3 is 26.1 Å². The Balaban J connectivity index is 2.17. The number of carboxylic acids is 2. The number of anilines is 1. The van der Waals surface area contributed by atoms with E-state index >= 15 is 0 Å². The molecule has 158 valence electrons. The van der Waals surface area contributed by atoms with Gasteiger partial charge in [-0.2, -0.15) is 4.39 Å². The third-order valence-electron chi connectivity index (χ3n) is 3.68. The number of aliphatic carboxylic acids is 2. The van der Waals surface area contributed by atoms with Crippen LogP contribution in [-0.4, -0.2) is 74.3 Å². The molecule has 2 atom stereocenters. The summed E-state index contributed by atoms with van der Waals surface area (Å²) in [5.41, 5.74) is 3.61. The molecule has 0 aromatic carbocycles. The van der Waals surface area contributed by atoms with Crippen LogP contribution in [0.4, 0.5) is 9.52 Å². The van der Waals surface area contributed by atoms with Gasteiger partial charge in [-0.05, 0) is 13.8 Å². The topological polar surface area (TPSA) is 194 Å². The quantitative estimate of drug-likeness (QED) is 0.212. The van der Waals surface area contributed by atoms with E-state index in [4.69, 9.17) is 20.8 Å². The number of nitrogens with one attached hydrogen (secondary N) is 1. The number of carbonyl (C=O) groups excluding carboxylic acids is 2. The van der Waals surface area contributed by atoms with E-state index in [1.54, 1.807) is 0 Å². The van der Waals surface area contributed by atoms with Crippen molar-refractivity contribution in [1.82, 2.24) is 15.4 Å². The lowest BCUT2D eigenvalue weighted by Gasteiger charge is -2.51. The molecule has 1 saturated heterocycles. The van der Waals surface area contributed by atoms with Gasteiger partial charge in [0, 0.05) is 5.38 Å². The lowest BCUT2D eigenvalue weighted by atomic mass is 9.84. The van der Waals surface area contributed by atoms with Gasteiger partial charge in [-0.3, -0.25) is 14.4 Å². The van der Waals surface area contributed by atoms with Crippen molar-refractivity contribution < 1.29 is 43.5 Å². The number of carboxylic acid groups (broad SMARTS) is 2. The largest absolute Gasteiger partial charge is 0.479 e. The Hall–Kier alpha value is -3.33. The van der Waals surface area contributed by atoms with Crippen LogP contribution in [-0.2, 0) is 28.9 Å². The Kier molecular flexibility index (Phi) is 6.33. The fraction of sp³-hybridized carbons (Fsp3) is 0.429. The number of β-lactam (4-membered cyclic amide) rings is 1. The van der Waals surface area contributed by atoms with Crippen LogP contribution in [0.5, 0.6) is 0 Å². The van der Waals surface area contributed by atoms with Gasteiger partial charge in [0.1, 0.15) is 11.7 Å². The number of nitrogen functional groups attached to an aromatic ring is 1. The molecule has 1 fully saturated rings. The molecule has 1 aromatic heterocycles. The van der Waals surface area contributed by atoms with E-state index in [0.29, 0.717) is 0 Å². The van der Waals surface area contributed by atoms with Crippen LogP contribution in [0.2, 0.25) is 0 Å². The van der Waals surface area contributed by atoms with Crippen molar-refractivity contribution in [3.8, 4) is 0 Å². The second-order valence-corrected chi connectivity index (χ2v) is 7.02. The first-order valence-electron chi connectivity index (χ1n) is 7.76. The van der Waals surface area contributed by atoms with Gasteiger partial charge in [0.2, 0.25) is 0 Å². The van der Waals surface area contributed by atoms with Gasteiger partial charge in [0.25, 0.3) is 11.8 Å². The molecule has 13 nitrogen and oxygen atoms in total. The molecule has 0 aliphatic carbocycles. The van der Waals surface area contributed by atoms with E-state index in [-0.39, 0.29) is 10.8 Å². The van der Waals surface area contributed by atoms with Gasteiger partial charge in [0.15, 0.2) is 17.5 Å². The molecule has 2 heterocycles. The SMILES string of the molecule is CC1(C)C(NC(=O)C(=NOC(F)C(=O)O)c2csc(N)n2)C(=O)N1OCC(=O)O. The van der Waals surface area contributed by atoms with Gasteiger partial charge in [0.05, 0.1) is 5.54 Å². The summed E-state index contributed by atoms with van der Waals surface area (Å²) in [5.74, 6) is -5.03. The molecule has 2 rings (SSSR count). The summed E-state index contributed by atoms with van der Waals surface area (Å²) in [5, 5.41) is 24.8. The number of hydrogen-bond acceptors (Lipinski definition) is 10. The van der Waals surface area contributed by atoms with Gasteiger partial charge in [-0.15, -0.1) is 11.3 Å². The highest BCUT2D eigenvalue weighted by atomic mass is 32.1. The van der Waals surface area contributed by atoms with Crippen LogP contribution in [0.1, 0.15) is 19.5 Å². The number of nitrogens with zero attached hydrogens (tertiary/aromatic N) is 3. The molecule has 0 radical (unpaired) electrons. The number of alkyl halides is 1. The number of halogens is 1. The van der Waals surface area contributed by atoms with E-state index < -0.39 is 54.0 Å². The summed E-state index contributed by atoms with van der Waals surface area (Å²) in [6.07, 6.45) is -2.84. The molecule has 0 saturated carbocycles. The van der Waals surface area contributed by atoms with Crippen LogP contribution < -0.4 is 11.1 Å². The average Bonchev–Trinajstić information content (AvgIpc) is 3.05. The summed E-state index contributed by atoms with van der Waals surface area (Å²) in [6, 6.07) is -1.15. The van der Waals surface area contributed by atoms with E-state index in [1.807, 2.05) is 0 Å². The zero-order valence-electron chi connectivity index (χ0n) is 15.0. The van der Waals surface area contributed by atoms with Crippen molar-refractivity contribution in [2.75, 3.05) is 12.3 Å². The minimum absolute atomic E-state index is 0.0452. The third-order valence-corrected chi connectivity index (χ3v) is 4.35. The summed E-state index contributed by atoms with van der Waals surface area (Å²) >= 11 is 0.929. The average molecular weight is 433 g/mol. The Bertz CT molecular complexity index is 872. The van der Waals surface area contributed by atoms with Crippen molar-refractivity contribution in [3.05, 3.63) is 11.1 Å². The molecule has 29 heavy (non-hydrogen) atoms. The number of aromatic nitrogens is 1. The standard InChI is InChI=1S/C14H16FN5O8S/c1-14(2)8(11(24)20(14)27-3-6(21)22)18-10(23)7(5-4-29-13(16)17-5)19-28-9(15)12(25)26/h4,8-9H,3H2,1-2H3,(H2,16,17)(H,18,23)(H,21,22)(H,25,26). The molecule has 15 heteroatoms. The molecular formula is C14H16FN5O8S. The molecule has 5 N–H and O–H groups in total. The third kappa shape index (κ3) is 4.75. The predicted octanol–water partition coefficient (Wildman–Crippen LogP) is -1.05. The maximum Gasteiger partial charge on any atom is 0.381 e. The number of hydrogen-bond donors (Lipinski definition) is 4. The molecule has 1 aliphatic heterocycles. The zero-order chi connectivity index (χ0) is 21.9. The molecule has 1 aromatic rings. The van der Waals surface area contributed by atoms with Gasteiger partial charge in [-0.1, -0.05) is 5.16 Å². The summed E-state index contributed by atoms with van der Waals surface area (Å²) in [4.78, 5) is 58.7. The van der Waals surface area contributed by atoms with E-state index in [2.05, 4.69) is 20.3 Å². The van der Waals surface area contributed by atoms with Crippen LogP contribution >= 0.6 is 11.3 Å². The Labute approximate surface area is 165 Å². The Morgan fingerprint density at radius 1 is 1.48 bits per heavy atom. The van der Waals surface area contributed by atoms with Crippen LogP contribution in [0, 0.1) is 0 Å². The summed E-state index contributed by atoms with van der Waals surface area (Å²) in [7, 11) is 0. The minimum atomic E-state index is -2.84. The molecule has 0 bridgehead atoms. The summed E-state index contributed by atoms with van der Waals surface area (Å²) in [6.45, 7) is 2.23. The van der Waals surface area contributed by atoms with Crippen LogP contribution in [0.15, 0.2) is 10.5 Å². The fourth-order valence-electron chi connectivity index (χ4n) is 2.29. The number of oxime groups is 1. The number of amides is 2. The molecule has 2 amide bonds. The van der Waals surface area contributed by atoms with E-state index in [9.17, 15) is 23.6 Å². The molecule has 1 aliphatic rings. The zero-order valence-corrected chi connectivity index (χ0v) is 15.8. The summed E-state index contributed by atoms with van der Waals surface area (Å²) < 4.78 is 13.2. The van der Waals surface area contributed by atoms with Gasteiger partial charge in [-0.25, -0.2) is 19.6 Å². The Morgan fingerprint density at radius 2 is 2.14 bits per heavy atom. The first-order valence-corrected chi connectivity index (χ1v) is 8.64. The smallest absolute Gasteiger partial charge is 0.381 e. The van der Waals surface area contributed by atoms with Gasteiger partial charge >= 0.3 is 18.3 Å². The van der Waals surface area contributed by atoms with Crippen molar-refractivity contribution in [3.63, 3.8) is 0 Å². The van der Waals surface area contributed by atoms with Crippen molar-refractivity contribution >= 4 is 45.9 Å². The number of hydroxylamine groups is 2. The lowest BCUT2D eigenvalue weighted by Crippen LogP contribution is -2.76. The lowest BCUT2D eigenvalue weighted by molar-refractivity contribution is -0.257. The first kappa shape index (κ1) is 22.0. The number of nitrogens with two attached hydrogens (primary N) is 1. The second kappa shape index (κ2) is 8.36. The molecule has 0 spiro atoms. The second-order valence-electron chi connectivity index (χ2n) is 6.13. The highest BCUT2D eigenvalue weighted by Crippen LogP contribution is 2.32. The first-order chi connectivity index (χ1) is 13.4. The monoisotopic (exact) mass is 433 g/mol. The minimum Gasteiger partial charge on any atom is -0.479 e. The van der Waals surface area contributed by atoms with Crippen LogP contribution in [0.25, 0.3) is 0 Å².